The van der Waals surface area contributed by atoms with Gasteiger partial charge in [0.2, 0.25) is 5.91 Å². The van der Waals surface area contributed by atoms with E-state index in [1.165, 1.54) is 0 Å². The maximum absolute atomic E-state index is 13.7. The van der Waals surface area contributed by atoms with Crippen molar-refractivity contribution in [3.63, 3.8) is 0 Å². The molecule has 8 atom stereocenters. The van der Waals surface area contributed by atoms with Crippen LogP contribution < -0.4 is 0 Å². The Morgan fingerprint density at radius 2 is 1.89 bits per heavy atom. The van der Waals surface area contributed by atoms with E-state index in [2.05, 4.69) is 31.0 Å². The molecule has 0 aromatic heterocycles. The SMILES string of the molecule is CC[C@H](C)C(/C=C/C(=O)CC[C@H]1O[C@@H](C(=O)C[C@@H](Cc2ccccc2)C2=NCCS2)[C@@H](OC)[C@@H]1CO)N(C)C(=O)[C@@H](C)C(C)C. The Morgan fingerprint density at radius 1 is 1.18 bits per heavy atom. The van der Waals surface area contributed by atoms with Crippen LogP contribution in [0.2, 0.25) is 0 Å². The van der Waals surface area contributed by atoms with E-state index >= 15 is 0 Å². The Morgan fingerprint density at radius 3 is 2.47 bits per heavy atom. The van der Waals surface area contributed by atoms with Gasteiger partial charge in [0.25, 0.3) is 0 Å². The molecule has 1 amide bonds. The van der Waals surface area contributed by atoms with Crippen LogP contribution in [0.1, 0.15) is 65.9 Å². The van der Waals surface area contributed by atoms with Gasteiger partial charge in [0.05, 0.1) is 29.9 Å². The number of likely N-dealkylation sites (N-methyl/N-ethyl adjacent to an activating group) is 1. The zero-order chi connectivity index (χ0) is 33.1. The second-order valence-corrected chi connectivity index (χ2v) is 14.1. The van der Waals surface area contributed by atoms with Gasteiger partial charge in [-0.1, -0.05) is 77.4 Å². The second-order valence-electron chi connectivity index (χ2n) is 13.0. The summed E-state index contributed by atoms with van der Waals surface area (Å²) in [6.07, 6.45) is 3.96. The average molecular weight is 643 g/mol. The van der Waals surface area contributed by atoms with Gasteiger partial charge in [0, 0.05) is 57.1 Å². The lowest BCUT2D eigenvalue weighted by atomic mass is 9.89. The number of thioether (sulfide) groups is 1. The molecule has 1 N–H and O–H groups in total. The molecule has 3 rings (SSSR count). The van der Waals surface area contributed by atoms with Gasteiger partial charge in [-0.05, 0) is 36.3 Å². The number of allylic oxidation sites excluding steroid dienone is 1. The minimum Gasteiger partial charge on any atom is -0.396 e. The molecule has 0 spiro atoms. The predicted octanol–water partition coefficient (Wildman–Crippen LogP) is 5.41. The van der Waals surface area contributed by atoms with Crippen molar-refractivity contribution in [2.75, 3.05) is 33.1 Å². The summed E-state index contributed by atoms with van der Waals surface area (Å²) in [6, 6.07) is 9.93. The van der Waals surface area contributed by atoms with Gasteiger partial charge in [0.15, 0.2) is 11.6 Å². The molecular formula is C36H54N2O6S. The lowest BCUT2D eigenvalue weighted by Gasteiger charge is -2.33. The molecule has 0 bridgehead atoms. The first kappa shape index (κ1) is 37.1. The highest BCUT2D eigenvalue weighted by Crippen LogP contribution is 2.35. The molecule has 0 saturated carbocycles. The summed E-state index contributed by atoms with van der Waals surface area (Å²) in [5, 5.41) is 11.3. The van der Waals surface area contributed by atoms with Crippen molar-refractivity contribution in [3.05, 3.63) is 48.0 Å². The number of carbonyl (C=O) groups excluding carboxylic acids is 3. The van der Waals surface area contributed by atoms with Gasteiger partial charge in [0.1, 0.15) is 6.10 Å². The highest BCUT2D eigenvalue weighted by atomic mass is 32.2. The predicted molar refractivity (Wildman–Crippen MR) is 181 cm³/mol. The number of ether oxygens (including phenoxy) is 2. The highest BCUT2D eigenvalue weighted by molar-refractivity contribution is 8.14. The second kappa shape index (κ2) is 18.1. The zero-order valence-corrected chi connectivity index (χ0v) is 29.0. The number of rotatable bonds is 18. The van der Waals surface area contributed by atoms with Crippen LogP contribution in [-0.2, 0) is 30.3 Å². The smallest absolute Gasteiger partial charge is 0.225 e. The third kappa shape index (κ3) is 10.1. The van der Waals surface area contributed by atoms with Crippen LogP contribution in [0.3, 0.4) is 0 Å². The molecule has 1 unspecified atom stereocenters. The molecule has 2 heterocycles. The third-order valence-electron chi connectivity index (χ3n) is 9.62. The van der Waals surface area contributed by atoms with Crippen molar-refractivity contribution < 1.29 is 29.0 Å². The number of aliphatic imine (C=N–C) groups is 1. The van der Waals surface area contributed by atoms with E-state index in [0.717, 1.165) is 29.3 Å². The van der Waals surface area contributed by atoms with Crippen LogP contribution in [0.25, 0.3) is 0 Å². The molecule has 2 aliphatic heterocycles. The van der Waals surface area contributed by atoms with E-state index in [4.69, 9.17) is 9.47 Å². The van der Waals surface area contributed by atoms with Crippen LogP contribution in [0.5, 0.6) is 0 Å². The van der Waals surface area contributed by atoms with Gasteiger partial charge in [-0.25, -0.2) is 0 Å². The highest BCUT2D eigenvalue weighted by Gasteiger charge is 2.48. The fourth-order valence-corrected chi connectivity index (χ4v) is 7.21. The van der Waals surface area contributed by atoms with Gasteiger partial charge < -0.3 is 19.5 Å². The van der Waals surface area contributed by atoms with E-state index in [1.807, 2.05) is 52.1 Å². The Balaban J connectivity index is 1.66. The van der Waals surface area contributed by atoms with Crippen LogP contribution in [0, 0.1) is 29.6 Å². The number of ketones is 2. The Bertz CT molecular complexity index is 1170. The molecule has 1 aromatic rings. The number of aliphatic hydroxyl groups excluding tert-OH is 1. The summed E-state index contributed by atoms with van der Waals surface area (Å²) in [5.74, 6) is 0.702. The Hall–Kier alpha value is -2.33. The molecule has 1 aromatic carbocycles. The quantitative estimate of drug-likeness (QED) is 0.214. The molecular weight excluding hydrogens is 588 g/mol. The third-order valence-corrected chi connectivity index (χ3v) is 10.8. The number of amides is 1. The Kier molecular flexibility index (Phi) is 15.0. The molecule has 1 saturated heterocycles. The first-order valence-electron chi connectivity index (χ1n) is 16.5. The van der Waals surface area contributed by atoms with Crippen molar-refractivity contribution in [3.8, 4) is 0 Å². The van der Waals surface area contributed by atoms with Crippen molar-refractivity contribution in [1.82, 2.24) is 4.90 Å². The lowest BCUT2D eigenvalue weighted by molar-refractivity contribution is -0.137. The molecule has 1 fully saturated rings. The molecule has 2 aliphatic rings. The average Bonchev–Trinajstić information content (AvgIpc) is 3.71. The van der Waals surface area contributed by atoms with Gasteiger partial charge in [-0.15, -0.1) is 11.8 Å². The summed E-state index contributed by atoms with van der Waals surface area (Å²) in [6.45, 7) is 10.8. The maximum atomic E-state index is 13.7. The van der Waals surface area contributed by atoms with Crippen molar-refractivity contribution in [1.29, 1.82) is 0 Å². The van der Waals surface area contributed by atoms with Crippen molar-refractivity contribution in [2.24, 2.45) is 34.6 Å². The first-order chi connectivity index (χ1) is 21.5. The fraction of sp³-hybridized carbons (Fsp3) is 0.667. The summed E-state index contributed by atoms with van der Waals surface area (Å²) < 4.78 is 12.0. The number of hydrogen-bond donors (Lipinski definition) is 1. The van der Waals surface area contributed by atoms with Crippen LogP contribution in [0.4, 0.5) is 0 Å². The zero-order valence-electron chi connectivity index (χ0n) is 28.2. The summed E-state index contributed by atoms with van der Waals surface area (Å²) >= 11 is 1.71. The number of methoxy groups -OCH3 is 1. The van der Waals surface area contributed by atoms with E-state index in [1.54, 1.807) is 29.8 Å². The molecule has 8 nitrogen and oxygen atoms in total. The fourth-order valence-electron chi connectivity index (χ4n) is 6.24. The van der Waals surface area contributed by atoms with Crippen molar-refractivity contribution in [2.45, 2.75) is 91.1 Å². The number of benzene rings is 1. The van der Waals surface area contributed by atoms with Crippen LogP contribution >= 0.6 is 11.8 Å². The number of carbonyl (C=O) groups is 3. The van der Waals surface area contributed by atoms with Gasteiger partial charge in [-0.2, -0.15) is 0 Å². The van der Waals surface area contributed by atoms with Gasteiger partial charge >= 0.3 is 0 Å². The van der Waals surface area contributed by atoms with E-state index in [9.17, 15) is 19.5 Å². The molecule has 0 aliphatic carbocycles. The normalized spacial score (nSPS) is 24.4. The largest absolute Gasteiger partial charge is 0.396 e. The van der Waals surface area contributed by atoms with E-state index in [0.29, 0.717) is 12.8 Å². The maximum Gasteiger partial charge on any atom is 0.225 e. The topological polar surface area (TPSA) is 106 Å². The molecule has 0 radical (unpaired) electrons. The van der Waals surface area contributed by atoms with E-state index < -0.39 is 24.2 Å². The monoisotopic (exact) mass is 642 g/mol. The lowest BCUT2D eigenvalue weighted by Crippen LogP contribution is -2.43. The van der Waals surface area contributed by atoms with Crippen molar-refractivity contribution >= 4 is 34.3 Å². The standard InChI is InChI=1S/C36H54N2O6S/c1-8-24(4)30(38(6)36(42)25(5)23(2)3)16-14-28(40)15-17-32-29(22-39)33(43-7)34(44-32)31(41)21-27(35-37-18-19-45-35)20-26-12-10-9-11-13-26/h9-14,16,23-25,27,29-30,32-34,39H,8,15,17-22H2,1-7H3/b16-14+/t24-,25-,27+,29+,30?,32+,33-,34-/m0/s1. The molecule has 45 heavy (non-hydrogen) atoms. The minimum absolute atomic E-state index is 0.0427. The van der Waals surface area contributed by atoms with Crippen LogP contribution in [-0.4, -0.2) is 89.9 Å². The van der Waals surface area contributed by atoms with Gasteiger partial charge in [-0.3, -0.25) is 19.4 Å². The summed E-state index contributed by atoms with van der Waals surface area (Å²) in [7, 11) is 3.36. The number of hydrogen-bond acceptors (Lipinski definition) is 8. The van der Waals surface area contributed by atoms with Crippen LogP contribution in [0.15, 0.2) is 47.5 Å². The molecule has 250 valence electrons. The number of Topliss-reactive ketones (excluding diaryl/α,β-unsaturated/α-hetero) is 1. The summed E-state index contributed by atoms with van der Waals surface area (Å²) in [5.41, 5.74) is 1.15. The van der Waals surface area contributed by atoms with E-state index in [-0.39, 0.29) is 66.6 Å². The molecule has 9 heteroatoms. The Labute approximate surface area is 274 Å². The first-order valence-corrected chi connectivity index (χ1v) is 17.5. The summed E-state index contributed by atoms with van der Waals surface area (Å²) in [4.78, 5) is 46.3. The number of aliphatic hydroxyl groups is 1. The number of nitrogens with zero attached hydrogens (tertiary/aromatic N) is 2. The minimum atomic E-state index is -0.814.